The minimum absolute atomic E-state index is 0. The molecule has 0 atom stereocenters. The molecule has 0 unspecified atom stereocenters. The van der Waals surface area contributed by atoms with Crippen molar-refractivity contribution >= 4 is 0 Å². The second-order valence-corrected chi connectivity index (χ2v) is 0.0816. The van der Waals surface area contributed by atoms with Crippen molar-refractivity contribution in [3.05, 3.63) is 0 Å². The number of hydrogen-bond donors (Lipinski definition) is 2. The Morgan fingerprint density at radius 3 is 1.25 bits per heavy atom. The fraction of sp³-hybridized carbons (Fsp3) is 0. The van der Waals surface area contributed by atoms with Crippen LogP contribution in [0.25, 0.3) is 0 Å². The van der Waals surface area contributed by atoms with Crippen LogP contribution in [0.5, 0.6) is 0 Å². The minimum atomic E-state index is 0. The molecule has 0 saturated heterocycles. The maximum Gasteiger partial charge on any atom is 0 e. The quantitative estimate of drug-likeness (QED) is 0.484. The van der Waals surface area contributed by atoms with E-state index in [0.29, 0.717) is 0 Å². The summed E-state index contributed by atoms with van der Waals surface area (Å²) in [6.45, 7) is 0. The molecule has 0 aliphatic rings. The second-order valence-electron chi connectivity index (χ2n) is 0.0816. The molecular weight excluding hydrogens is 280 g/mol. The van der Waals surface area contributed by atoms with Gasteiger partial charge in [-0.2, -0.15) is 0 Å². The average molecular weight is 282 g/mol. The van der Waals surface area contributed by atoms with Gasteiger partial charge in [-0.05, 0) is 0 Å². The van der Waals surface area contributed by atoms with E-state index in [1.807, 2.05) is 0 Å². The third-order valence-corrected chi connectivity index (χ3v) is 0. The van der Waals surface area contributed by atoms with Gasteiger partial charge < -0.3 is 0 Å². The summed E-state index contributed by atoms with van der Waals surface area (Å²) < 4.78 is 0. The van der Waals surface area contributed by atoms with Crippen molar-refractivity contribution in [1.82, 2.24) is 0 Å². The fourth-order valence-corrected chi connectivity index (χ4v) is 0. The Labute approximate surface area is 55.1 Å². The van der Waals surface area contributed by atoms with Crippen LogP contribution in [0.4, 0.5) is 0 Å². The van der Waals surface area contributed by atoms with Crippen molar-refractivity contribution < 1.29 is 55.5 Å². The molecular formula is H2O3Th. The minimum Gasteiger partial charge on any atom is -0.221 e. The Morgan fingerprint density at radius 2 is 1.25 bits per heavy atom. The van der Waals surface area contributed by atoms with Gasteiger partial charge in [-0.3, -0.25) is 0 Å². The standard InChI is InChI=1S/H2O3.Th/c1-3-2;/h1-2H;. The van der Waals surface area contributed by atoms with Crippen LogP contribution in [-0.4, -0.2) is 10.5 Å². The van der Waals surface area contributed by atoms with E-state index in [-0.39, 0.29) is 39.9 Å². The van der Waals surface area contributed by atoms with Gasteiger partial charge in [-0.25, -0.2) is 10.5 Å². The van der Waals surface area contributed by atoms with Gasteiger partial charge in [0.25, 0.3) is 0 Å². The van der Waals surface area contributed by atoms with E-state index < -0.39 is 0 Å². The van der Waals surface area contributed by atoms with E-state index in [4.69, 9.17) is 10.5 Å². The second kappa shape index (κ2) is 8.88. The third-order valence-electron chi connectivity index (χ3n) is 0. The van der Waals surface area contributed by atoms with Crippen LogP contribution in [-0.2, 0) is 5.04 Å². The monoisotopic (exact) mass is 282 g/mol. The van der Waals surface area contributed by atoms with Crippen molar-refractivity contribution in [3.8, 4) is 0 Å². The Balaban J connectivity index is 0. The summed E-state index contributed by atoms with van der Waals surface area (Å²) in [4.78, 5) is 0. The summed E-state index contributed by atoms with van der Waals surface area (Å²) in [6, 6.07) is 0. The third kappa shape index (κ3) is 10.7. The summed E-state index contributed by atoms with van der Waals surface area (Å²) in [5, 5.41) is 15.5. The Bertz CT molecular complexity index is 3.25. The first-order valence-corrected chi connectivity index (χ1v) is 0.365. The van der Waals surface area contributed by atoms with E-state index >= 15 is 0 Å². The van der Waals surface area contributed by atoms with Gasteiger partial charge in [0.2, 0.25) is 0 Å². The molecule has 2 N–H and O–H groups in total. The maximum atomic E-state index is 6.62. The Hall–Kier alpha value is 1.20. The molecule has 0 bridgehead atoms. The van der Waals surface area contributed by atoms with Crippen molar-refractivity contribution in [2.75, 3.05) is 0 Å². The summed E-state index contributed by atoms with van der Waals surface area (Å²) in [6.07, 6.45) is 0. The van der Waals surface area contributed by atoms with Gasteiger partial charge >= 0.3 is 0 Å². The SMILES string of the molecule is OOO.[Th]. The Kier molecular flexibility index (Phi) is 19.9. The smallest absolute Gasteiger partial charge is 0 e. The molecule has 0 fully saturated rings. The largest absolute Gasteiger partial charge is 0.221 e. The number of hydrogen-bond acceptors (Lipinski definition) is 3. The van der Waals surface area contributed by atoms with Crippen molar-refractivity contribution in [3.63, 3.8) is 0 Å². The zero-order valence-electron chi connectivity index (χ0n) is 1.80. The van der Waals surface area contributed by atoms with Gasteiger partial charge in [-0.1, -0.05) is 5.04 Å². The molecule has 3 nitrogen and oxygen atoms in total. The van der Waals surface area contributed by atoms with E-state index in [2.05, 4.69) is 5.04 Å². The number of rotatable bonds is 0. The van der Waals surface area contributed by atoms with Crippen LogP contribution in [0, 0.1) is 39.9 Å². The predicted octanol–water partition coefficient (Wildman–Crippen LogP) is -0.0510. The first-order valence-electron chi connectivity index (χ1n) is 0.365. The zero-order valence-corrected chi connectivity index (χ0v) is 5.91. The molecule has 4 heteroatoms. The van der Waals surface area contributed by atoms with Crippen LogP contribution in [0.2, 0.25) is 0 Å². The van der Waals surface area contributed by atoms with E-state index in [0.717, 1.165) is 0 Å². The van der Waals surface area contributed by atoms with Crippen molar-refractivity contribution in [2.24, 2.45) is 0 Å². The molecule has 0 rings (SSSR count). The van der Waals surface area contributed by atoms with Gasteiger partial charge in [0.05, 0.1) is 0 Å². The molecule has 0 aromatic carbocycles. The first-order chi connectivity index (χ1) is 1.41. The molecule has 0 amide bonds. The van der Waals surface area contributed by atoms with Crippen LogP contribution < -0.4 is 0 Å². The van der Waals surface area contributed by atoms with E-state index in [1.165, 1.54) is 0 Å². The van der Waals surface area contributed by atoms with Gasteiger partial charge in [-0.15, -0.1) is 0 Å². The summed E-state index contributed by atoms with van der Waals surface area (Å²) in [7, 11) is 0. The molecule has 0 saturated carbocycles. The summed E-state index contributed by atoms with van der Waals surface area (Å²) >= 11 is 0. The van der Waals surface area contributed by atoms with Crippen LogP contribution in [0.1, 0.15) is 0 Å². The first kappa shape index (κ1) is 8.96. The predicted molar refractivity (Wildman–Crippen MR) is 6.34 cm³/mol. The Morgan fingerprint density at radius 1 is 1.25 bits per heavy atom. The van der Waals surface area contributed by atoms with Crippen LogP contribution in [0.3, 0.4) is 0 Å². The van der Waals surface area contributed by atoms with Crippen molar-refractivity contribution in [1.29, 1.82) is 0 Å². The topological polar surface area (TPSA) is 49.7 Å². The molecule has 0 radical (unpaired) electrons. The van der Waals surface area contributed by atoms with Crippen LogP contribution >= 0.6 is 0 Å². The van der Waals surface area contributed by atoms with Crippen molar-refractivity contribution in [2.45, 2.75) is 0 Å². The molecule has 4 heavy (non-hydrogen) atoms. The van der Waals surface area contributed by atoms with Gasteiger partial charge in [0.15, 0.2) is 0 Å². The molecule has 0 aliphatic carbocycles. The molecule has 0 aromatic heterocycles. The van der Waals surface area contributed by atoms with Gasteiger partial charge in [0, 0.05) is 39.9 Å². The molecule has 0 spiro atoms. The fourth-order valence-electron chi connectivity index (χ4n) is 0. The van der Waals surface area contributed by atoms with Crippen LogP contribution in [0.15, 0.2) is 0 Å². The summed E-state index contributed by atoms with van der Waals surface area (Å²) in [5.74, 6) is 0. The molecule has 0 aromatic rings. The molecule has 0 aliphatic heterocycles. The maximum absolute atomic E-state index is 6.62. The van der Waals surface area contributed by atoms with E-state index in [1.54, 1.807) is 0 Å². The molecule has 24 valence electrons. The summed E-state index contributed by atoms with van der Waals surface area (Å²) in [5.41, 5.74) is 0. The zero-order chi connectivity index (χ0) is 2.71. The van der Waals surface area contributed by atoms with Gasteiger partial charge in [0.1, 0.15) is 0 Å². The average Bonchev–Trinajstić information content (AvgIpc) is 0.918. The molecule has 0 heterocycles. The normalized spacial score (nSPS) is 4.50. The van der Waals surface area contributed by atoms with E-state index in [9.17, 15) is 0 Å².